The molecule has 1 unspecified atom stereocenters. The summed E-state index contributed by atoms with van der Waals surface area (Å²) in [5.41, 5.74) is 0.0566. The predicted molar refractivity (Wildman–Crippen MR) is 60.4 cm³/mol. The van der Waals surface area contributed by atoms with Crippen LogP contribution in [0.15, 0.2) is 18.3 Å². The minimum Gasteiger partial charge on any atom is -0.478 e. The largest absolute Gasteiger partial charge is 0.478 e. The Balaban J connectivity index is 2.02. The normalized spacial score (nSPS) is 19.2. The maximum absolute atomic E-state index is 11.7. The minimum atomic E-state index is -1.08. The number of ether oxygens (including phenoxy) is 2. The molecule has 1 saturated heterocycles. The number of carboxylic acid groups (broad SMARTS) is 1. The molecule has 1 atom stereocenters. The van der Waals surface area contributed by atoms with Crippen molar-refractivity contribution in [1.82, 2.24) is 4.98 Å². The second kappa shape index (κ2) is 5.56. The molecule has 1 amide bonds. The van der Waals surface area contributed by atoms with Gasteiger partial charge in [-0.25, -0.2) is 9.78 Å². The molecule has 0 saturated carbocycles. The molecule has 1 aromatic rings. The zero-order valence-corrected chi connectivity index (χ0v) is 9.46. The first-order valence-electron chi connectivity index (χ1n) is 5.36. The molecule has 2 heterocycles. The average Bonchev–Trinajstić information content (AvgIpc) is 2.40. The van der Waals surface area contributed by atoms with E-state index in [0.29, 0.717) is 13.2 Å². The number of carbonyl (C=O) groups is 2. The summed E-state index contributed by atoms with van der Waals surface area (Å²) in [6.07, 6.45) is 0.631. The number of hydrogen-bond acceptors (Lipinski definition) is 5. The monoisotopic (exact) mass is 252 g/mol. The van der Waals surface area contributed by atoms with Crippen molar-refractivity contribution in [2.24, 2.45) is 0 Å². The van der Waals surface area contributed by atoms with Crippen LogP contribution in [0.25, 0.3) is 0 Å². The Morgan fingerprint density at radius 3 is 2.94 bits per heavy atom. The van der Waals surface area contributed by atoms with Crippen molar-refractivity contribution in [3.8, 4) is 0 Å². The Morgan fingerprint density at radius 1 is 1.44 bits per heavy atom. The van der Waals surface area contributed by atoms with Crippen molar-refractivity contribution < 1.29 is 24.2 Å². The van der Waals surface area contributed by atoms with Crippen LogP contribution in [-0.2, 0) is 14.3 Å². The average molecular weight is 252 g/mol. The van der Waals surface area contributed by atoms with Gasteiger partial charge in [0.25, 0.3) is 5.91 Å². The highest BCUT2D eigenvalue weighted by atomic mass is 16.6. The van der Waals surface area contributed by atoms with Gasteiger partial charge in [0, 0.05) is 6.20 Å². The van der Waals surface area contributed by atoms with Gasteiger partial charge in [-0.3, -0.25) is 4.79 Å². The number of aromatic nitrogens is 1. The van der Waals surface area contributed by atoms with Crippen molar-refractivity contribution in [2.45, 2.75) is 6.10 Å². The third-order valence-corrected chi connectivity index (χ3v) is 2.37. The first-order chi connectivity index (χ1) is 8.66. The highest BCUT2D eigenvalue weighted by molar-refractivity contribution is 5.95. The molecule has 0 bridgehead atoms. The van der Waals surface area contributed by atoms with Crippen LogP contribution >= 0.6 is 0 Å². The van der Waals surface area contributed by atoms with Gasteiger partial charge in [0.05, 0.1) is 25.4 Å². The Hall–Kier alpha value is -1.99. The lowest BCUT2D eigenvalue weighted by molar-refractivity contribution is -0.142. The van der Waals surface area contributed by atoms with E-state index in [-0.39, 0.29) is 18.0 Å². The zero-order valence-electron chi connectivity index (χ0n) is 9.46. The molecular weight excluding hydrogens is 240 g/mol. The number of nitrogens with one attached hydrogen (secondary N) is 1. The number of carboxylic acids is 1. The van der Waals surface area contributed by atoms with Crippen molar-refractivity contribution in [3.05, 3.63) is 23.9 Å². The topological polar surface area (TPSA) is 97.8 Å². The lowest BCUT2D eigenvalue weighted by atomic mass is 10.2. The Kier molecular flexibility index (Phi) is 3.85. The van der Waals surface area contributed by atoms with Gasteiger partial charge in [0.2, 0.25) is 0 Å². The third kappa shape index (κ3) is 3.02. The highest BCUT2D eigenvalue weighted by Gasteiger charge is 2.23. The molecule has 1 aliphatic heterocycles. The van der Waals surface area contributed by atoms with E-state index in [1.165, 1.54) is 18.3 Å². The second-order valence-electron chi connectivity index (χ2n) is 3.66. The van der Waals surface area contributed by atoms with Crippen molar-refractivity contribution in [2.75, 3.05) is 25.1 Å². The number of hydrogen-bond donors (Lipinski definition) is 2. The van der Waals surface area contributed by atoms with Gasteiger partial charge in [0.1, 0.15) is 5.82 Å². The summed E-state index contributed by atoms with van der Waals surface area (Å²) in [4.78, 5) is 26.4. The SMILES string of the molecule is O=C(O)c1ccnc(NC(=O)C2COCCO2)c1. The number of aromatic carboxylic acids is 1. The molecule has 7 nitrogen and oxygen atoms in total. The molecular formula is C11H12N2O5. The lowest BCUT2D eigenvalue weighted by Gasteiger charge is -2.21. The molecule has 1 aliphatic rings. The molecule has 0 aromatic carbocycles. The van der Waals surface area contributed by atoms with Crippen LogP contribution in [0.2, 0.25) is 0 Å². The van der Waals surface area contributed by atoms with Crippen LogP contribution in [0.1, 0.15) is 10.4 Å². The molecule has 18 heavy (non-hydrogen) atoms. The van der Waals surface area contributed by atoms with E-state index in [9.17, 15) is 9.59 Å². The number of amides is 1. The number of carbonyl (C=O) groups excluding carboxylic acids is 1. The summed E-state index contributed by atoms with van der Waals surface area (Å²) in [6.45, 7) is 1.02. The number of rotatable bonds is 3. The van der Waals surface area contributed by atoms with E-state index in [0.717, 1.165) is 0 Å². The van der Waals surface area contributed by atoms with E-state index in [4.69, 9.17) is 14.6 Å². The van der Waals surface area contributed by atoms with Crippen LogP contribution in [0.5, 0.6) is 0 Å². The Bertz CT molecular complexity index is 457. The van der Waals surface area contributed by atoms with Gasteiger partial charge in [-0.1, -0.05) is 0 Å². The standard InChI is InChI=1S/C11H12N2O5/c14-10(8-6-17-3-4-18-8)13-9-5-7(11(15)16)1-2-12-9/h1-2,5,8H,3-4,6H2,(H,15,16)(H,12,13,14). The van der Waals surface area contributed by atoms with Crippen LogP contribution < -0.4 is 5.32 Å². The maximum Gasteiger partial charge on any atom is 0.335 e. The fourth-order valence-corrected chi connectivity index (χ4v) is 1.48. The van der Waals surface area contributed by atoms with Crippen LogP contribution in [-0.4, -0.2) is 47.9 Å². The van der Waals surface area contributed by atoms with Crippen molar-refractivity contribution in [1.29, 1.82) is 0 Å². The maximum atomic E-state index is 11.7. The number of anilines is 1. The van der Waals surface area contributed by atoms with Crippen LogP contribution in [0.3, 0.4) is 0 Å². The van der Waals surface area contributed by atoms with E-state index >= 15 is 0 Å². The Morgan fingerprint density at radius 2 is 2.28 bits per heavy atom. The molecule has 1 aromatic heterocycles. The smallest absolute Gasteiger partial charge is 0.335 e. The molecule has 0 aliphatic carbocycles. The van der Waals surface area contributed by atoms with Gasteiger partial charge in [-0.2, -0.15) is 0 Å². The van der Waals surface area contributed by atoms with E-state index in [1.807, 2.05) is 0 Å². The van der Waals surface area contributed by atoms with Gasteiger partial charge in [-0.15, -0.1) is 0 Å². The quantitative estimate of drug-likeness (QED) is 0.793. The molecule has 1 fully saturated rings. The first kappa shape index (κ1) is 12.5. The number of nitrogens with zero attached hydrogens (tertiary/aromatic N) is 1. The fraction of sp³-hybridized carbons (Fsp3) is 0.364. The summed E-state index contributed by atoms with van der Waals surface area (Å²) in [5, 5.41) is 11.3. The minimum absolute atomic E-state index is 0.0566. The molecule has 2 N–H and O–H groups in total. The van der Waals surface area contributed by atoms with E-state index in [1.54, 1.807) is 0 Å². The van der Waals surface area contributed by atoms with E-state index in [2.05, 4.69) is 10.3 Å². The second-order valence-corrected chi connectivity index (χ2v) is 3.66. The van der Waals surface area contributed by atoms with Gasteiger partial charge in [0.15, 0.2) is 6.10 Å². The van der Waals surface area contributed by atoms with Crippen molar-refractivity contribution in [3.63, 3.8) is 0 Å². The highest BCUT2D eigenvalue weighted by Crippen LogP contribution is 2.09. The number of pyridine rings is 1. The summed E-state index contributed by atoms with van der Waals surface area (Å²) < 4.78 is 10.3. The van der Waals surface area contributed by atoms with Crippen LogP contribution in [0.4, 0.5) is 5.82 Å². The van der Waals surface area contributed by atoms with E-state index < -0.39 is 18.0 Å². The molecule has 2 rings (SSSR count). The van der Waals surface area contributed by atoms with Crippen molar-refractivity contribution >= 4 is 17.7 Å². The summed E-state index contributed by atoms with van der Waals surface area (Å²) >= 11 is 0. The predicted octanol–water partition coefficient (Wildman–Crippen LogP) is 0.134. The summed E-state index contributed by atoms with van der Waals surface area (Å²) in [5.74, 6) is -1.30. The molecule has 0 radical (unpaired) electrons. The zero-order chi connectivity index (χ0) is 13.0. The summed E-state index contributed by atoms with van der Waals surface area (Å²) in [6, 6.07) is 2.63. The lowest BCUT2D eigenvalue weighted by Crippen LogP contribution is -2.39. The molecule has 0 spiro atoms. The van der Waals surface area contributed by atoms with Gasteiger partial charge in [-0.05, 0) is 12.1 Å². The first-order valence-corrected chi connectivity index (χ1v) is 5.36. The Labute approximate surface area is 103 Å². The van der Waals surface area contributed by atoms with Gasteiger partial charge >= 0.3 is 5.97 Å². The molecule has 96 valence electrons. The fourth-order valence-electron chi connectivity index (χ4n) is 1.48. The summed E-state index contributed by atoms with van der Waals surface area (Å²) in [7, 11) is 0. The molecule has 7 heteroatoms. The van der Waals surface area contributed by atoms with Gasteiger partial charge < -0.3 is 19.9 Å². The third-order valence-electron chi connectivity index (χ3n) is 2.37. The van der Waals surface area contributed by atoms with Crippen LogP contribution in [0, 0.1) is 0 Å².